The zero-order valence-electron chi connectivity index (χ0n) is 12.5. The summed E-state index contributed by atoms with van der Waals surface area (Å²) in [5.74, 6) is 0. The van der Waals surface area contributed by atoms with E-state index in [2.05, 4.69) is 62.9 Å². The Morgan fingerprint density at radius 3 is 2.41 bits per heavy atom. The Hall–Kier alpha value is 0.270. The minimum atomic E-state index is 0.262. The van der Waals surface area contributed by atoms with Gasteiger partial charge in [-0.1, -0.05) is 13.8 Å². The minimum Gasteiger partial charge on any atom is -0.309 e. The fourth-order valence-corrected chi connectivity index (χ4v) is 3.55. The van der Waals surface area contributed by atoms with Crippen LogP contribution in [0.3, 0.4) is 0 Å². The molecule has 0 radical (unpaired) electrons. The van der Waals surface area contributed by atoms with Crippen molar-refractivity contribution in [1.29, 1.82) is 0 Å². The van der Waals surface area contributed by atoms with E-state index in [1.165, 1.54) is 19.4 Å². The van der Waals surface area contributed by atoms with Gasteiger partial charge < -0.3 is 5.32 Å². The number of hydrogen-bond acceptors (Lipinski definition) is 3. The molecule has 1 rings (SSSR count). The molecular weight excluding hydrogens is 228 g/mol. The zero-order valence-corrected chi connectivity index (χ0v) is 13.3. The van der Waals surface area contributed by atoms with E-state index < -0.39 is 0 Å². The van der Waals surface area contributed by atoms with Gasteiger partial charge >= 0.3 is 0 Å². The predicted molar refractivity (Wildman–Crippen MR) is 79.9 cm³/mol. The maximum atomic E-state index is 3.63. The van der Waals surface area contributed by atoms with Crippen molar-refractivity contribution in [2.45, 2.75) is 63.8 Å². The molecule has 0 saturated carbocycles. The third-order valence-corrected chi connectivity index (χ3v) is 5.88. The topological polar surface area (TPSA) is 15.3 Å². The number of thioether (sulfide) groups is 1. The first-order chi connectivity index (χ1) is 7.88. The number of nitrogens with zero attached hydrogens (tertiary/aromatic N) is 1. The van der Waals surface area contributed by atoms with Crippen LogP contribution in [0.2, 0.25) is 0 Å². The SMILES string of the molecule is CCC(CC)(CN1CC(C)(C)NCC1C)SC. The van der Waals surface area contributed by atoms with Gasteiger partial charge in [-0.2, -0.15) is 11.8 Å². The lowest BCUT2D eigenvalue weighted by Crippen LogP contribution is -2.62. The van der Waals surface area contributed by atoms with Crippen molar-refractivity contribution < 1.29 is 0 Å². The van der Waals surface area contributed by atoms with E-state index in [-0.39, 0.29) is 5.54 Å². The van der Waals surface area contributed by atoms with E-state index >= 15 is 0 Å². The number of piperazine rings is 1. The molecule has 1 fully saturated rings. The summed E-state index contributed by atoms with van der Waals surface area (Å²) in [4.78, 5) is 2.68. The highest BCUT2D eigenvalue weighted by Crippen LogP contribution is 2.33. The van der Waals surface area contributed by atoms with Crippen LogP contribution in [0, 0.1) is 0 Å². The van der Waals surface area contributed by atoms with Crippen LogP contribution in [0.15, 0.2) is 0 Å². The molecule has 1 N–H and O–H groups in total. The Morgan fingerprint density at radius 1 is 1.35 bits per heavy atom. The normalized spacial score (nSPS) is 26.1. The largest absolute Gasteiger partial charge is 0.309 e. The molecular formula is C14H30N2S. The molecule has 1 unspecified atom stereocenters. The highest BCUT2D eigenvalue weighted by Gasteiger charge is 2.35. The second kappa shape index (κ2) is 5.94. The Bertz CT molecular complexity index is 228. The average molecular weight is 258 g/mol. The van der Waals surface area contributed by atoms with Crippen molar-refractivity contribution in [2.24, 2.45) is 0 Å². The first-order valence-electron chi connectivity index (χ1n) is 6.92. The van der Waals surface area contributed by atoms with E-state index in [4.69, 9.17) is 0 Å². The summed E-state index contributed by atoms with van der Waals surface area (Å²) in [6, 6.07) is 0.660. The fourth-order valence-electron chi connectivity index (χ4n) is 2.68. The van der Waals surface area contributed by atoms with Crippen molar-refractivity contribution in [1.82, 2.24) is 10.2 Å². The van der Waals surface area contributed by atoms with Crippen LogP contribution in [0.4, 0.5) is 0 Å². The van der Waals surface area contributed by atoms with Crippen LogP contribution < -0.4 is 5.32 Å². The lowest BCUT2D eigenvalue weighted by Gasteiger charge is -2.47. The molecule has 102 valence electrons. The second-order valence-corrected chi connectivity index (χ2v) is 7.39. The van der Waals surface area contributed by atoms with Crippen LogP contribution in [0.25, 0.3) is 0 Å². The average Bonchev–Trinajstić information content (AvgIpc) is 2.31. The number of rotatable bonds is 5. The third-order valence-electron chi connectivity index (χ3n) is 4.31. The molecule has 0 aromatic rings. The Labute approximate surface area is 112 Å². The van der Waals surface area contributed by atoms with Crippen molar-refractivity contribution in [3.05, 3.63) is 0 Å². The summed E-state index contributed by atoms with van der Waals surface area (Å²) in [6.45, 7) is 15.1. The van der Waals surface area contributed by atoms with Gasteiger partial charge in [0.05, 0.1) is 0 Å². The Morgan fingerprint density at radius 2 is 1.94 bits per heavy atom. The number of hydrogen-bond donors (Lipinski definition) is 1. The maximum Gasteiger partial charge on any atom is 0.0279 e. The molecule has 3 heteroatoms. The van der Waals surface area contributed by atoms with Crippen LogP contribution >= 0.6 is 11.8 Å². The minimum absolute atomic E-state index is 0.262. The second-order valence-electron chi connectivity index (χ2n) is 6.11. The summed E-state index contributed by atoms with van der Waals surface area (Å²) in [7, 11) is 0. The smallest absolute Gasteiger partial charge is 0.0279 e. The van der Waals surface area contributed by atoms with Gasteiger partial charge in [0.15, 0.2) is 0 Å². The highest BCUT2D eigenvalue weighted by molar-refractivity contribution is 8.00. The van der Waals surface area contributed by atoms with Gasteiger partial charge in [-0.3, -0.25) is 4.90 Å². The van der Waals surface area contributed by atoms with Crippen LogP contribution in [-0.4, -0.2) is 47.1 Å². The summed E-state index contributed by atoms with van der Waals surface area (Å²) >= 11 is 2.05. The zero-order chi connectivity index (χ0) is 13.1. The van der Waals surface area contributed by atoms with Crippen LogP contribution in [0.5, 0.6) is 0 Å². The first-order valence-corrected chi connectivity index (χ1v) is 8.15. The van der Waals surface area contributed by atoms with E-state index in [1.807, 2.05) is 0 Å². The molecule has 0 bridgehead atoms. The van der Waals surface area contributed by atoms with E-state index in [0.29, 0.717) is 10.8 Å². The molecule has 1 saturated heterocycles. The van der Waals surface area contributed by atoms with Gasteiger partial charge in [0, 0.05) is 36.0 Å². The molecule has 0 aromatic heterocycles. The van der Waals surface area contributed by atoms with Crippen LogP contribution in [-0.2, 0) is 0 Å². The summed E-state index contributed by atoms with van der Waals surface area (Å²) in [5, 5.41) is 3.63. The molecule has 1 heterocycles. The van der Waals surface area contributed by atoms with E-state index in [9.17, 15) is 0 Å². The summed E-state index contributed by atoms with van der Waals surface area (Å²) in [5.41, 5.74) is 0.262. The lowest BCUT2D eigenvalue weighted by atomic mass is 9.95. The Kier molecular flexibility index (Phi) is 5.36. The summed E-state index contributed by atoms with van der Waals surface area (Å²) in [6.07, 6.45) is 4.80. The molecule has 0 amide bonds. The maximum absolute atomic E-state index is 3.63. The van der Waals surface area contributed by atoms with Gasteiger partial charge in [0.1, 0.15) is 0 Å². The quantitative estimate of drug-likeness (QED) is 0.816. The third kappa shape index (κ3) is 3.87. The van der Waals surface area contributed by atoms with Crippen molar-refractivity contribution in [3.8, 4) is 0 Å². The Balaban J connectivity index is 2.70. The van der Waals surface area contributed by atoms with Crippen LogP contribution in [0.1, 0.15) is 47.5 Å². The van der Waals surface area contributed by atoms with Crippen molar-refractivity contribution in [2.75, 3.05) is 25.9 Å². The van der Waals surface area contributed by atoms with Gasteiger partial charge in [0.2, 0.25) is 0 Å². The first kappa shape index (κ1) is 15.3. The van der Waals surface area contributed by atoms with Gasteiger partial charge in [0.25, 0.3) is 0 Å². The highest BCUT2D eigenvalue weighted by atomic mass is 32.2. The van der Waals surface area contributed by atoms with Gasteiger partial charge in [-0.15, -0.1) is 0 Å². The molecule has 0 spiro atoms. The molecule has 1 aliphatic rings. The molecule has 2 nitrogen and oxygen atoms in total. The standard InChI is InChI=1S/C14H30N2S/c1-7-14(8-2,17-6)11-16-10-13(4,5)15-9-12(16)3/h12,15H,7-11H2,1-6H3. The molecule has 1 atom stereocenters. The number of nitrogens with one attached hydrogen (secondary N) is 1. The molecule has 0 aromatic carbocycles. The van der Waals surface area contributed by atoms with Crippen molar-refractivity contribution >= 4 is 11.8 Å². The van der Waals surface area contributed by atoms with Gasteiger partial charge in [-0.05, 0) is 39.9 Å². The summed E-state index contributed by atoms with van der Waals surface area (Å²) < 4.78 is 0.446. The van der Waals surface area contributed by atoms with Gasteiger partial charge in [-0.25, -0.2) is 0 Å². The molecule has 1 aliphatic heterocycles. The predicted octanol–water partition coefficient (Wildman–Crippen LogP) is 2.98. The van der Waals surface area contributed by atoms with Crippen molar-refractivity contribution in [3.63, 3.8) is 0 Å². The van der Waals surface area contributed by atoms with E-state index in [1.54, 1.807) is 0 Å². The monoisotopic (exact) mass is 258 g/mol. The van der Waals surface area contributed by atoms with E-state index in [0.717, 1.165) is 13.1 Å². The molecule has 0 aliphatic carbocycles. The lowest BCUT2D eigenvalue weighted by molar-refractivity contribution is 0.0925. The molecule has 17 heavy (non-hydrogen) atoms. The fraction of sp³-hybridized carbons (Fsp3) is 1.00.